The number of hydrogen-bond acceptors (Lipinski definition) is 3. The number of amides is 1. The van der Waals surface area contributed by atoms with Gasteiger partial charge in [0.05, 0.1) is 5.75 Å². The molecule has 0 aliphatic heterocycles. The Hall–Kier alpha value is -2.85. The number of benzene rings is 3. The fraction of sp³-hybridized carbons (Fsp3) is 0.0909. The molecule has 0 N–H and O–H groups in total. The van der Waals surface area contributed by atoms with Crippen LogP contribution in [0, 0.1) is 0 Å². The summed E-state index contributed by atoms with van der Waals surface area (Å²) in [5.41, 5.74) is 2.15. The van der Waals surface area contributed by atoms with Gasteiger partial charge in [-0.1, -0.05) is 54.6 Å². The molecule has 0 aromatic heterocycles. The molecule has 3 rings (SSSR count). The van der Waals surface area contributed by atoms with Crippen LogP contribution < -0.4 is 4.90 Å². The molecule has 4 heteroatoms. The van der Waals surface area contributed by atoms with E-state index < -0.39 is 0 Å². The number of thioether (sulfide) groups is 1. The number of Topliss-reactive ketones (excluding diaryl/α,β-unsaturated/α-hetero) is 1. The number of hydrogen-bond donors (Lipinski definition) is 0. The number of para-hydroxylation sites is 1. The van der Waals surface area contributed by atoms with E-state index >= 15 is 0 Å². The van der Waals surface area contributed by atoms with E-state index in [0.29, 0.717) is 16.9 Å². The molecule has 0 bridgehead atoms. The van der Waals surface area contributed by atoms with Crippen molar-refractivity contribution in [2.75, 3.05) is 17.7 Å². The molecule has 0 saturated heterocycles. The smallest absolute Gasteiger partial charge is 0.258 e. The third-order valence-corrected chi connectivity index (χ3v) is 4.99. The maximum atomic E-state index is 12.7. The van der Waals surface area contributed by atoms with Crippen LogP contribution in [0.25, 0.3) is 0 Å². The molecule has 130 valence electrons. The Kier molecular flexibility index (Phi) is 5.87. The molecule has 0 unspecified atom stereocenters. The molecule has 3 aromatic carbocycles. The number of nitrogens with zero attached hydrogens (tertiary/aromatic N) is 1. The summed E-state index contributed by atoms with van der Waals surface area (Å²) in [6.45, 7) is 0. The maximum Gasteiger partial charge on any atom is 0.258 e. The third-order valence-electron chi connectivity index (χ3n) is 3.99. The summed E-state index contributed by atoms with van der Waals surface area (Å²) in [5.74, 6) is 0.345. The van der Waals surface area contributed by atoms with E-state index in [1.54, 1.807) is 18.0 Å². The van der Waals surface area contributed by atoms with Crippen LogP contribution in [0.4, 0.5) is 5.69 Å². The lowest BCUT2D eigenvalue weighted by Gasteiger charge is -2.17. The quantitative estimate of drug-likeness (QED) is 0.461. The van der Waals surface area contributed by atoms with Crippen LogP contribution in [0.5, 0.6) is 0 Å². The normalized spacial score (nSPS) is 10.3. The Morgan fingerprint density at radius 2 is 1.42 bits per heavy atom. The molecule has 26 heavy (non-hydrogen) atoms. The van der Waals surface area contributed by atoms with Crippen LogP contribution in [0.15, 0.2) is 89.8 Å². The maximum absolute atomic E-state index is 12.7. The van der Waals surface area contributed by atoms with Crippen molar-refractivity contribution in [1.29, 1.82) is 0 Å². The van der Waals surface area contributed by atoms with E-state index in [1.165, 1.54) is 11.8 Å². The highest BCUT2D eigenvalue weighted by atomic mass is 32.2. The fourth-order valence-electron chi connectivity index (χ4n) is 2.54. The van der Waals surface area contributed by atoms with Crippen LogP contribution in [0.2, 0.25) is 0 Å². The molecule has 1 amide bonds. The lowest BCUT2D eigenvalue weighted by atomic mass is 10.2. The van der Waals surface area contributed by atoms with Crippen LogP contribution in [0.3, 0.4) is 0 Å². The number of rotatable bonds is 6. The first-order chi connectivity index (χ1) is 12.6. The van der Waals surface area contributed by atoms with Crippen molar-refractivity contribution in [3.8, 4) is 0 Å². The summed E-state index contributed by atoms with van der Waals surface area (Å²) in [7, 11) is 1.76. The second-order valence-corrected chi connectivity index (χ2v) is 6.85. The average molecular weight is 361 g/mol. The molecule has 3 aromatic rings. The van der Waals surface area contributed by atoms with Crippen molar-refractivity contribution in [2.45, 2.75) is 4.90 Å². The van der Waals surface area contributed by atoms with Gasteiger partial charge in [0.1, 0.15) is 0 Å². The molecule has 3 nitrogen and oxygen atoms in total. The number of anilines is 1. The van der Waals surface area contributed by atoms with Crippen molar-refractivity contribution >= 4 is 29.1 Å². The lowest BCUT2D eigenvalue weighted by molar-refractivity contribution is 0.0991. The largest absolute Gasteiger partial charge is 0.311 e. The van der Waals surface area contributed by atoms with Gasteiger partial charge in [0.2, 0.25) is 0 Å². The number of carbonyl (C=O) groups is 2. The van der Waals surface area contributed by atoms with Gasteiger partial charge in [-0.25, -0.2) is 0 Å². The zero-order valence-corrected chi connectivity index (χ0v) is 15.3. The fourth-order valence-corrected chi connectivity index (χ4v) is 3.39. The minimum Gasteiger partial charge on any atom is -0.311 e. The molecule has 0 radical (unpaired) electrons. The van der Waals surface area contributed by atoms with E-state index in [-0.39, 0.29) is 11.7 Å². The molecule has 0 fully saturated rings. The molecule has 0 atom stereocenters. The first-order valence-corrected chi connectivity index (χ1v) is 9.28. The van der Waals surface area contributed by atoms with Crippen LogP contribution in [0.1, 0.15) is 20.7 Å². The minimum absolute atomic E-state index is 0.0759. The van der Waals surface area contributed by atoms with Crippen molar-refractivity contribution in [3.05, 3.63) is 96.1 Å². The van der Waals surface area contributed by atoms with Crippen molar-refractivity contribution in [3.63, 3.8) is 0 Å². The molecule has 0 spiro atoms. The molecule has 0 saturated carbocycles. The second-order valence-electron chi connectivity index (χ2n) is 5.81. The Morgan fingerprint density at radius 3 is 2.12 bits per heavy atom. The first kappa shape index (κ1) is 18.0. The highest BCUT2D eigenvalue weighted by molar-refractivity contribution is 8.00. The first-order valence-electron chi connectivity index (χ1n) is 8.29. The standard InChI is InChI=1S/C22H19NO2S/c1-23(19-12-6-3-7-13-19)22(25)18-11-8-14-20(15-18)26-16-21(24)17-9-4-2-5-10-17/h2-15H,16H2,1H3. The van der Waals surface area contributed by atoms with Gasteiger partial charge in [-0.2, -0.15) is 0 Å². The van der Waals surface area contributed by atoms with Gasteiger partial charge in [-0.05, 0) is 30.3 Å². The monoisotopic (exact) mass is 361 g/mol. The Morgan fingerprint density at radius 1 is 0.808 bits per heavy atom. The van der Waals surface area contributed by atoms with Gasteiger partial charge in [0.15, 0.2) is 5.78 Å². The summed E-state index contributed by atoms with van der Waals surface area (Å²) in [6, 6.07) is 26.2. The van der Waals surface area contributed by atoms with E-state index in [4.69, 9.17) is 0 Å². The Bertz CT molecular complexity index is 894. The molecular weight excluding hydrogens is 342 g/mol. The molecule has 0 aliphatic carbocycles. The van der Waals surface area contributed by atoms with Crippen LogP contribution in [-0.2, 0) is 0 Å². The van der Waals surface area contributed by atoms with Gasteiger partial charge in [-0.3, -0.25) is 9.59 Å². The predicted molar refractivity (Wildman–Crippen MR) is 107 cm³/mol. The Labute approximate surface area is 157 Å². The van der Waals surface area contributed by atoms with Gasteiger partial charge in [-0.15, -0.1) is 11.8 Å². The van der Waals surface area contributed by atoms with Crippen molar-refractivity contribution in [2.24, 2.45) is 0 Å². The van der Waals surface area contributed by atoms with Crippen molar-refractivity contribution < 1.29 is 9.59 Å². The Balaban J connectivity index is 1.68. The average Bonchev–Trinajstić information content (AvgIpc) is 2.72. The number of ketones is 1. The van der Waals surface area contributed by atoms with Gasteiger partial charge < -0.3 is 4.90 Å². The van der Waals surface area contributed by atoms with Gasteiger partial charge >= 0.3 is 0 Å². The van der Waals surface area contributed by atoms with E-state index in [2.05, 4.69) is 0 Å². The van der Waals surface area contributed by atoms with Crippen LogP contribution >= 0.6 is 11.8 Å². The summed E-state index contributed by atoms with van der Waals surface area (Å²) in [5, 5.41) is 0. The topological polar surface area (TPSA) is 37.4 Å². The number of carbonyl (C=O) groups excluding carboxylic acids is 2. The minimum atomic E-state index is -0.0759. The molecular formula is C22H19NO2S. The SMILES string of the molecule is CN(C(=O)c1cccc(SCC(=O)c2ccccc2)c1)c1ccccc1. The highest BCUT2D eigenvalue weighted by Gasteiger charge is 2.14. The third kappa shape index (κ3) is 4.41. The summed E-state index contributed by atoms with van der Waals surface area (Å²) >= 11 is 1.44. The molecule has 0 aliphatic rings. The van der Waals surface area contributed by atoms with Gasteiger partial charge in [0.25, 0.3) is 5.91 Å². The van der Waals surface area contributed by atoms with Crippen LogP contribution in [-0.4, -0.2) is 24.5 Å². The highest BCUT2D eigenvalue weighted by Crippen LogP contribution is 2.22. The van der Waals surface area contributed by atoms with Gasteiger partial charge in [0, 0.05) is 28.8 Å². The lowest BCUT2D eigenvalue weighted by Crippen LogP contribution is -2.26. The summed E-state index contributed by atoms with van der Waals surface area (Å²) in [6.07, 6.45) is 0. The summed E-state index contributed by atoms with van der Waals surface area (Å²) in [4.78, 5) is 27.5. The van der Waals surface area contributed by atoms with E-state index in [9.17, 15) is 9.59 Å². The summed E-state index contributed by atoms with van der Waals surface area (Å²) < 4.78 is 0. The zero-order chi connectivity index (χ0) is 18.4. The predicted octanol–water partition coefficient (Wildman–Crippen LogP) is 4.94. The molecule has 0 heterocycles. The van der Waals surface area contributed by atoms with E-state index in [1.807, 2.05) is 78.9 Å². The zero-order valence-electron chi connectivity index (χ0n) is 14.5. The van der Waals surface area contributed by atoms with E-state index in [0.717, 1.165) is 10.6 Å². The van der Waals surface area contributed by atoms with Crippen molar-refractivity contribution in [1.82, 2.24) is 0 Å². The second kappa shape index (κ2) is 8.50.